The van der Waals surface area contributed by atoms with Crippen LogP contribution in [0.5, 0.6) is 11.5 Å². The van der Waals surface area contributed by atoms with Gasteiger partial charge in [0.2, 0.25) is 0 Å². The van der Waals surface area contributed by atoms with Crippen LogP contribution in [0.2, 0.25) is 0 Å². The fourth-order valence-electron chi connectivity index (χ4n) is 5.56. The Balaban J connectivity index is 1.05. The minimum Gasteiger partial charge on any atom is -0.456 e. The topological polar surface area (TPSA) is 119 Å². The van der Waals surface area contributed by atoms with E-state index in [0.29, 0.717) is 54.6 Å². The fourth-order valence-corrected chi connectivity index (χ4v) is 5.56. The molecule has 1 saturated heterocycles. The normalized spacial score (nSPS) is 15.3. The van der Waals surface area contributed by atoms with Crippen LogP contribution in [0.15, 0.2) is 96.2 Å². The maximum Gasteiger partial charge on any atom is 0.410 e. The fraction of sp³-hybridized carbons (Fsp3) is 0.250. The number of ether oxygens (including phenoxy) is 2. The third kappa shape index (κ3) is 6.37. The van der Waals surface area contributed by atoms with Gasteiger partial charge in [0.05, 0.1) is 11.7 Å². The van der Waals surface area contributed by atoms with E-state index >= 15 is 0 Å². The molecule has 1 aliphatic heterocycles. The molecule has 0 unspecified atom stereocenters. The van der Waals surface area contributed by atoms with Gasteiger partial charge in [0.1, 0.15) is 28.5 Å². The highest BCUT2D eigenvalue weighted by atomic mass is 16.6. The Morgan fingerprint density at radius 2 is 1.68 bits per heavy atom. The Labute approximate surface area is 271 Å². The van der Waals surface area contributed by atoms with Crippen molar-refractivity contribution >= 4 is 34.4 Å². The van der Waals surface area contributed by atoms with Gasteiger partial charge >= 0.3 is 6.09 Å². The summed E-state index contributed by atoms with van der Waals surface area (Å²) in [5, 5.41) is 3.65. The van der Waals surface area contributed by atoms with Crippen molar-refractivity contribution in [3.8, 4) is 17.2 Å². The van der Waals surface area contributed by atoms with E-state index in [0.717, 1.165) is 29.6 Å². The molecule has 0 spiro atoms. The van der Waals surface area contributed by atoms with Gasteiger partial charge < -0.3 is 24.6 Å². The largest absolute Gasteiger partial charge is 0.456 e. The third-order valence-electron chi connectivity index (χ3n) is 8.60. The number of nitrogens with zero attached hydrogens (tertiary/aromatic N) is 5. The molecule has 1 aliphatic carbocycles. The number of carbonyl (C=O) groups is 2. The molecule has 47 heavy (non-hydrogen) atoms. The molecule has 0 bridgehead atoms. The summed E-state index contributed by atoms with van der Waals surface area (Å²) in [7, 11) is 0. The van der Waals surface area contributed by atoms with Crippen LogP contribution >= 0.6 is 0 Å². The van der Waals surface area contributed by atoms with E-state index in [1.54, 1.807) is 53.8 Å². The van der Waals surface area contributed by atoms with Gasteiger partial charge in [-0.3, -0.25) is 19.1 Å². The molecule has 2 amide bonds. The van der Waals surface area contributed by atoms with Crippen LogP contribution in [0.25, 0.3) is 16.6 Å². The van der Waals surface area contributed by atoms with Crippen molar-refractivity contribution in [2.45, 2.75) is 32.3 Å². The molecule has 2 fully saturated rings. The molecule has 5 aromatic rings. The molecule has 4 heterocycles. The van der Waals surface area contributed by atoms with Crippen LogP contribution < -0.4 is 20.5 Å². The van der Waals surface area contributed by atoms with Crippen molar-refractivity contribution in [2.75, 3.05) is 36.4 Å². The summed E-state index contributed by atoms with van der Waals surface area (Å²) in [5.41, 5.74) is 2.04. The number of para-hydroxylation sites is 1. The number of benzene rings is 2. The van der Waals surface area contributed by atoms with Gasteiger partial charge in [0.15, 0.2) is 0 Å². The lowest BCUT2D eigenvalue weighted by molar-refractivity contribution is 0.0571. The Morgan fingerprint density at radius 1 is 0.894 bits per heavy atom. The Bertz CT molecular complexity index is 2030. The first-order chi connectivity index (χ1) is 22.8. The van der Waals surface area contributed by atoms with Crippen LogP contribution in [0.1, 0.15) is 35.7 Å². The SMILES string of the molecule is Cc1cc(NC(=O)c2cccn(-c3ccccc3)c2=O)ccc1Oc1ccnc2cnc(N3CCN(C(=O)OC4(C)CC4)CC3)cc12. The van der Waals surface area contributed by atoms with Crippen molar-refractivity contribution in [1.82, 2.24) is 19.4 Å². The summed E-state index contributed by atoms with van der Waals surface area (Å²) in [6.07, 6.45) is 6.64. The smallest absolute Gasteiger partial charge is 0.410 e. The van der Waals surface area contributed by atoms with Gasteiger partial charge in [0, 0.05) is 55.3 Å². The number of carbonyl (C=O) groups excluding carboxylic acids is 2. The third-order valence-corrected chi connectivity index (χ3v) is 8.60. The minimum atomic E-state index is -0.497. The molecule has 0 atom stereocenters. The van der Waals surface area contributed by atoms with Gasteiger partial charge in [-0.05, 0) is 86.8 Å². The first-order valence-corrected chi connectivity index (χ1v) is 15.6. The molecule has 3 aromatic heterocycles. The van der Waals surface area contributed by atoms with Gasteiger partial charge in [-0.1, -0.05) is 18.2 Å². The van der Waals surface area contributed by atoms with Gasteiger partial charge in [-0.15, -0.1) is 0 Å². The molecule has 238 valence electrons. The highest BCUT2D eigenvalue weighted by molar-refractivity contribution is 6.04. The quantitative estimate of drug-likeness (QED) is 0.235. The molecule has 2 aromatic carbocycles. The number of amides is 2. The number of hydrogen-bond donors (Lipinski definition) is 1. The van der Waals surface area contributed by atoms with E-state index in [1.807, 2.05) is 50.2 Å². The standard InChI is InChI=1S/C36H34N6O5/c1-24-21-25(39-33(43)27-9-6-16-42(34(27)44)26-7-4-3-5-8-26)10-11-30(24)46-31-12-15-37-29-23-38-32(22-28(29)31)40-17-19-41(20-18-40)35(45)47-36(2)13-14-36/h3-12,15-16,21-23H,13-14,17-20H2,1-2H3,(H,39,43). The summed E-state index contributed by atoms with van der Waals surface area (Å²) in [5.74, 6) is 1.50. The molecule has 2 aliphatic rings. The van der Waals surface area contributed by atoms with Gasteiger partial charge in [0.25, 0.3) is 11.5 Å². The molecular formula is C36H34N6O5. The maximum absolute atomic E-state index is 13.1. The highest BCUT2D eigenvalue weighted by Gasteiger charge is 2.43. The summed E-state index contributed by atoms with van der Waals surface area (Å²) in [6.45, 7) is 6.24. The zero-order valence-corrected chi connectivity index (χ0v) is 26.2. The second-order valence-corrected chi connectivity index (χ2v) is 12.1. The zero-order valence-electron chi connectivity index (χ0n) is 26.2. The zero-order chi connectivity index (χ0) is 32.5. The van der Waals surface area contributed by atoms with Crippen molar-refractivity contribution in [2.24, 2.45) is 0 Å². The lowest BCUT2D eigenvalue weighted by Gasteiger charge is -2.35. The van der Waals surface area contributed by atoms with Crippen LogP contribution in [-0.4, -0.2) is 63.2 Å². The number of rotatable bonds is 7. The Morgan fingerprint density at radius 3 is 2.43 bits per heavy atom. The van der Waals surface area contributed by atoms with E-state index in [9.17, 15) is 14.4 Å². The van der Waals surface area contributed by atoms with Crippen LogP contribution in [0.3, 0.4) is 0 Å². The first-order valence-electron chi connectivity index (χ1n) is 15.6. The monoisotopic (exact) mass is 630 g/mol. The van der Waals surface area contributed by atoms with E-state index in [2.05, 4.69) is 20.2 Å². The molecule has 1 N–H and O–H groups in total. The average molecular weight is 631 g/mol. The van der Waals surface area contributed by atoms with Crippen molar-refractivity contribution < 1.29 is 19.1 Å². The van der Waals surface area contributed by atoms with E-state index in [4.69, 9.17) is 9.47 Å². The number of aromatic nitrogens is 3. The Kier molecular flexibility index (Phi) is 7.80. The van der Waals surface area contributed by atoms with Crippen LogP contribution in [-0.2, 0) is 4.74 Å². The number of pyridine rings is 3. The van der Waals surface area contributed by atoms with Crippen molar-refractivity contribution in [3.05, 3.63) is 113 Å². The lowest BCUT2D eigenvalue weighted by atomic mass is 10.1. The van der Waals surface area contributed by atoms with Gasteiger partial charge in [-0.25, -0.2) is 9.78 Å². The summed E-state index contributed by atoms with van der Waals surface area (Å²) < 4.78 is 13.5. The van der Waals surface area contributed by atoms with E-state index in [1.165, 1.54) is 10.6 Å². The average Bonchev–Trinajstić information content (AvgIpc) is 3.82. The van der Waals surface area contributed by atoms with E-state index < -0.39 is 11.5 Å². The lowest BCUT2D eigenvalue weighted by Crippen LogP contribution is -2.49. The Hall–Kier alpha value is -5.71. The maximum atomic E-state index is 13.1. The number of piperazine rings is 1. The second-order valence-electron chi connectivity index (χ2n) is 12.1. The first kappa shape index (κ1) is 30.0. The number of hydrogen-bond acceptors (Lipinski definition) is 8. The van der Waals surface area contributed by atoms with Gasteiger partial charge in [-0.2, -0.15) is 0 Å². The van der Waals surface area contributed by atoms with Crippen LogP contribution in [0.4, 0.5) is 16.3 Å². The van der Waals surface area contributed by atoms with Crippen molar-refractivity contribution in [3.63, 3.8) is 0 Å². The predicted molar refractivity (Wildman–Crippen MR) is 179 cm³/mol. The van der Waals surface area contributed by atoms with Crippen LogP contribution in [0, 0.1) is 6.92 Å². The van der Waals surface area contributed by atoms with Crippen molar-refractivity contribution in [1.29, 1.82) is 0 Å². The molecular weight excluding hydrogens is 596 g/mol. The summed E-state index contributed by atoms with van der Waals surface area (Å²) in [4.78, 5) is 51.8. The summed E-state index contributed by atoms with van der Waals surface area (Å²) >= 11 is 0. The van der Waals surface area contributed by atoms with E-state index in [-0.39, 0.29) is 17.3 Å². The summed E-state index contributed by atoms with van der Waals surface area (Å²) in [6, 6.07) is 21.5. The number of fused-ring (bicyclic) bond motifs is 1. The second kappa shape index (κ2) is 12.2. The molecule has 1 saturated carbocycles. The molecule has 7 rings (SSSR count). The number of aryl methyl sites for hydroxylation is 1. The highest BCUT2D eigenvalue weighted by Crippen LogP contribution is 2.39. The predicted octanol–water partition coefficient (Wildman–Crippen LogP) is 5.94. The minimum absolute atomic E-state index is 0.0379. The molecule has 11 nitrogen and oxygen atoms in total. The molecule has 11 heteroatoms. The number of nitrogens with one attached hydrogen (secondary N) is 1. The number of anilines is 2. The molecule has 0 radical (unpaired) electrons.